The summed E-state index contributed by atoms with van der Waals surface area (Å²) >= 11 is 0. The van der Waals surface area contributed by atoms with Crippen molar-refractivity contribution in [3.63, 3.8) is 0 Å². The van der Waals surface area contributed by atoms with Gasteiger partial charge in [-0.05, 0) is 25.0 Å². The van der Waals surface area contributed by atoms with Crippen LogP contribution in [0.15, 0.2) is 23.1 Å². The van der Waals surface area contributed by atoms with Crippen molar-refractivity contribution in [3.8, 4) is 11.5 Å². The molecule has 1 saturated heterocycles. The molecule has 0 amide bonds. The second kappa shape index (κ2) is 5.77. The largest absolute Gasteiger partial charge is 0.497 e. The number of hydrogen-bond acceptors (Lipinski definition) is 5. The topological polar surface area (TPSA) is 65.1 Å². The van der Waals surface area contributed by atoms with E-state index >= 15 is 0 Å². The Hall–Kier alpha value is -1.31. The molecule has 1 aromatic rings. The van der Waals surface area contributed by atoms with Crippen LogP contribution in [0.3, 0.4) is 0 Å². The SMILES string of the molecule is COc1ccc(OC)c(S(=O)(=O)N2CCCCO2)c1. The molecular formula is C12H17NO5S. The Morgan fingerprint density at radius 1 is 1.21 bits per heavy atom. The van der Waals surface area contributed by atoms with Crippen molar-refractivity contribution in [3.05, 3.63) is 18.2 Å². The van der Waals surface area contributed by atoms with E-state index in [-0.39, 0.29) is 10.6 Å². The van der Waals surface area contributed by atoms with Crippen molar-refractivity contribution in [1.82, 2.24) is 4.47 Å². The molecule has 6 nitrogen and oxygen atoms in total. The third-order valence-electron chi connectivity index (χ3n) is 2.89. The molecule has 2 rings (SSSR count). The minimum Gasteiger partial charge on any atom is -0.497 e. The lowest BCUT2D eigenvalue weighted by molar-refractivity contribution is -0.108. The lowest BCUT2D eigenvalue weighted by Gasteiger charge is -2.25. The molecule has 1 heterocycles. The zero-order valence-electron chi connectivity index (χ0n) is 11.0. The van der Waals surface area contributed by atoms with Crippen molar-refractivity contribution in [1.29, 1.82) is 0 Å². The molecule has 1 aliphatic heterocycles. The van der Waals surface area contributed by atoms with Crippen molar-refractivity contribution in [2.45, 2.75) is 17.7 Å². The summed E-state index contributed by atoms with van der Waals surface area (Å²) in [6.45, 7) is 0.758. The molecular weight excluding hydrogens is 270 g/mol. The summed E-state index contributed by atoms with van der Waals surface area (Å²) in [5, 5.41) is 0. The Bertz CT molecular complexity index is 537. The maximum Gasteiger partial charge on any atom is 0.268 e. The fourth-order valence-corrected chi connectivity index (χ4v) is 3.33. The average molecular weight is 287 g/mol. The first-order valence-electron chi connectivity index (χ1n) is 5.97. The summed E-state index contributed by atoms with van der Waals surface area (Å²) < 4.78 is 36.2. The molecule has 0 bridgehead atoms. The fraction of sp³-hybridized carbons (Fsp3) is 0.500. The molecule has 19 heavy (non-hydrogen) atoms. The molecule has 0 atom stereocenters. The van der Waals surface area contributed by atoms with Gasteiger partial charge in [0.05, 0.1) is 20.8 Å². The first-order chi connectivity index (χ1) is 9.09. The molecule has 1 fully saturated rings. The zero-order chi connectivity index (χ0) is 13.9. The number of sulfonamides is 1. The quantitative estimate of drug-likeness (QED) is 0.838. The Kier molecular flexibility index (Phi) is 4.28. The predicted molar refractivity (Wildman–Crippen MR) is 68.6 cm³/mol. The van der Waals surface area contributed by atoms with Gasteiger partial charge in [-0.3, -0.25) is 4.84 Å². The number of hydroxylamine groups is 1. The predicted octanol–water partition coefficient (Wildman–Crippen LogP) is 1.42. The van der Waals surface area contributed by atoms with E-state index in [4.69, 9.17) is 14.3 Å². The summed E-state index contributed by atoms with van der Waals surface area (Å²) in [7, 11) is -0.821. The number of hydrogen-bond donors (Lipinski definition) is 0. The lowest BCUT2D eigenvalue weighted by Crippen LogP contribution is -2.35. The van der Waals surface area contributed by atoms with Gasteiger partial charge in [0.2, 0.25) is 0 Å². The van der Waals surface area contributed by atoms with E-state index in [0.717, 1.165) is 17.3 Å². The summed E-state index contributed by atoms with van der Waals surface area (Å²) in [6.07, 6.45) is 1.65. The third-order valence-corrected chi connectivity index (χ3v) is 4.59. The number of ether oxygens (including phenoxy) is 2. The molecule has 0 aromatic heterocycles. The van der Waals surface area contributed by atoms with E-state index in [1.54, 1.807) is 12.1 Å². The van der Waals surface area contributed by atoms with Crippen LogP contribution < -0.4 is 9.47 Å². The first-order valence-corrected chi connectivity index (χ1v) is 7.41. The Morgan fingerprint density at radius 2 is 2.00 bits per heavy atom. The molecule has 7 heteroatoms. The molecule has 0 aliphatic carbocycles. The Morgan fingerprint density at radius 3 is 2.58 bits per heavy atom. The van der Waals surface area contributed by atoms with Gasteiger partial charge >= 0.3 is 0 Å². The number of benzene rings is 1. The summed E-state index contributed by atoms with van der Waals surface area (Å²) in [6, 6.07) is 4.65. The third kappa shape index (κ3) is 2.83. The van der Waals surface area contributed by atoms with Crippen LogP contribution in [-0.4, -0.2) is 40.3 Å². The number of methoxy groups -OCH3 is 2. The molecule has 0 spiro atoms. The zero-order valence-corrected chi connectivity index (χ0v) is 11.8. The van der Waals surface area contributed by atoms with E-state index in [9.17, 15) is 8.42 Å². The molecule has 0 saturated carbocycles. The van der Waals surface area contributed by atoms with Crippen molar-refractivity contribution < 1.29 is 22.7 Å². The average Bonchev–Trinajstić information content (AvgIpc) is 2.47. The minimum absolute atomic E-state index is 0.0521. The molecule has 1 aliphatic rings. The van der Waals surface area contributed by atoms with Gasteiger partial charge < -0.3 is 9.47 Å². The van der Waals surface area contributed by atoms with Crippen LogP contribution >= 0.6 is 0 Å². The first kappa shape index (κ1) is 14.1. The number of rotatable bonds is 4. The Balaban J connectivity index is 2.43. The van der Waals surface area contributed by atoms with Gasteiger partial charge in [0.15, 0.2) is 0 Å². The summed E-state index contributed by atoms with van der Waals surface area (Å²) in [5.74, 6) is 0.728. The lowest BCUT2D eigenvalue weighted by atomic mass is 10.3. The number of nitrogens with zero attached hydrogens (tertiary/aromatic N) is 1. The monoisotopic (exact) mass is 287 g/mol. The second-order valence-corrected chi connectivity index (χ2v) is 5.89. The smallest absolute Gasteiger partial charge is 0.268 e. The van der Waals surface area contributed by atoms with Crippen molar-refractivity contribution in [2.24, 2.45) is 0 Å². The molecule has 0 unspecified atom stereocenters. The van der Waals surface area contributed by atoms with Gasteiger partial charge in [-0.2, -0.15) is 0 Å². The van der Waals surface area contributed by atoms with Gasteiger partial charge in [-0.15, -0.1) is 0 Å². The summed E-state index contributed by atoms with van der Waals surface area (Å²) in [5.41, 5.74) is 0. The van der Waals surface area contributed by atoms with Crippen LogP contribution in [0.1, 0.15) is 12.8 Å². The van der Waals surface area contributed by atoms with E-state index in [1.165, 1.54) is 20.3 Å². The van der Waals surface area contributed by atoms with Gasteiger partial charge in [0.1, 0.15) is 16.4 Å². The van der Waals surface area contributed by atoms with E-state index < -0.39 is 10.0 Å². The van der Waals surface area contributed by atoms with Crippen LogP contribution in [0.2, 0.25) is 0 Å². The summed E-state index contributed by atoms with van der Waals surface area (Å²) in [4.78, 5) is 5.27. The molecule has 0 radical (unpaired) electrons. The van der Waals surface area contributed by atoms with Crippen LogP contribution in [0.4, 0.5) is 0 Å². The van der Waals surface area contributed by atoms with Crippen LogP contribution in [0, 0.1) is 0 Å². The van der Waals surface area contributed by atoms with Crippen molar-refractivity contribution >= 4 is 10.0 Å². The minimum atomic E-state index is -3.73. The maximum absolute atomic E-state index is 12.5. The van der Waals surface area contributed by atoms with Crippen LogP contribution in [0.25, 0.3) is 0 Å². The van der Waals surface area contributed by atoms with Gasteiger partial charge in [-0.1, -0.05) is 4.47 Å². The Labute approximate surface area is 112 Å². The highest BCUT2D eigenvalue weighted by molar-refractivity contribution is 7.89. The fourth-order valence-electron chi connectivity index (χ4n) is 1.86. The molecule has 1 aromatic carbocycles. The van der Waals surface area contributed by atoms with Crippen LogP contribution in [0.5, 0.6) is 11.5 Å². The van der Waals surface area contributed by atoms with E-state index in [2.05, 4.69) is 0 Å². The molecule has 0 N–H and O–H groups in total. The highest BCUT2D eigenvalue weighted by Gasteiger charge is 2.30. The van der Waals surface area contributed by atoms with Gasteiger partial charge in [0.25, 0.3) is 10.0 Å². The standard InChI is InChI=1S/C12H17NO5S/c1-16-10-5-6-11(17-2)12(9-10)19(14,15)13-7-3-4-8-18-13/h5-6,9H,3-4,7-8H2,1-2H3. The van der Waals surface area contributed by atoms with Gasteiger partial charge in [-0.25, -0.2) is 8.42 Å². The highest BCUT2D eigenvalue weighted by atomic mass is 32.2. The van der Waals surface area contributed by atoms with E-state index in [1.807, 2.05) is 0 Å². The molecule has 106 valence electrons. The normalized spacial score (nSPS) is 17.2. The highest BCUT2D eigenvalue weighted by Crippen LogP contribution is 2.31. The van der Waals surface area contributed by atoms with E-state index in [0.29, 0.717) is 18.9 Å². The van der Waals surface area contributed by atoms with Gasteiger partial charge in [0, 0.05) is 12.6 Å². The van der Waals surface area contributed by atoms with Crippen molar-refractivity contribution in [2.75, 3.05) is 27.4 Å². The second-order valence-electron chi connectivity index (χ2n) is 4.09. The maximum atomic E-state index is 12.5. The van der Waals surface area contributed by atoms with Crippen LogP contribution in [-0.2, 0) is 14.9 Å².